The van der Waals surface area contributed by atoms with Gasteiger partial charge >= 0.3 is 0 Å². The molecule has 2 N–H and O–H groups in total. The quantitative estimate of drug-likeness (QED) is 0.904. The number of rotatable bonds is 4. The van der Waals surface area contributed by atoms with Crippen LogP contribution in [0.5, 0.6) is 0 Å². The van der Waals surface area contributed by atoms with Gasteiger partial charge in [-0.2, -0.15) is 0 Å². The van der Waals surface area contributed by atoms with Crippen LogP contribution in [0.4, 0.5) is 5.82 Å². The van der Waals surface area contributed by atoms with E-state index in [1.807, 2.05) is 11.5 Å². The van der Waals surface area contributed by atoms with Crippen LogP contribution in [0.1, 0.15) is 26.5 Å². The Bertz CT molecular complexity index is 676. The standard InChI is InChI=1S/C14H21N5O3/c1-5-14(2)10(21-4)9(20-3)13(22-14)19-7-18-8-11(15)16-6-17-12(8)19/h6-7,9-10,13H,5H2,1-4H3,(H2,15,16,17)/t9?,10?,13-,14-/m1/s1. The number of fused-ring (bicyclic) bond motifs is 1. The molecular formula is C14H21N5O3. The second kappa shape index (κ2) is 5.45. The number of nitrogen functional groups attached to an aromatic ring is 1. The Morgan fingerprint density at radius 1 is 1.32 bits per heavy atom. The van der Waals surface area contributed by atoms with E-state index in [9.17, 15) is 0 Å². The van der Waals surface area contributed by atoms with E-state index in [0.29, 0.717) is 17.0 Å². The molecule has 2 aromatic rings. The monoisotopic (exact) mass is 307 g/mol. The number of nitrogens with zero attached hydrogens (tertiary/aromatic N) is 4. The van der Waals surface area contributed by atoms with Gasteiger partial charge in [-0.05, 0) is 13.3 Å². The maximum absolute atomic E-state index is 6.27. The zero-order valence-electron chi connectivity index (χ0n) is 13.2. The Morgan fingerprint density at radius 3 is 2.73 bits per heavy atom. The summed E-state index contributed by atoms with van der Waals surface area (Å²) in [5, 5.41) is 0. The van der Waals surface area contributed by atoms with Crippen LogP contribution in [-0.4, -0.2) is 51.5 Å². The molecule has 2 unspecified atom stereocenters. The summed E-state index contributed by atoms with van der Waals surface area (Å²) >= 11 is 0. The third kappa shape index (κ3) is 2.06. The Morgan fingerprint density at radius 2 is 2.09 bits per heavy atom. The number of hydrogen-bond donors (Lipinski definition) is 1. The van der Waals surface area contributed by atoms with Gasteiger partial charge in [0.15, 0.2) is 17.7 Å². The van der Waals surface area contributed by atoms with Crippen molar-refractivity contribution in [3.8, 4) is 0 Å². The Kier molecular flexibility index (Phi) is 3.75. The Labute approximate surface area is 128 Å². The second-order valence-corrected chi connectivity index (χ2v) is 5.61. The highest BCUT2D eigenvalue weighted by Gasteiger charge is 2.53. The van der Waals surface area contributed by atoms with Crippen molar-refractivity contribution in [2.75, 3.05) is 20.0 Å². The fourth-order valence-corrected chi connectivity index (χ4v) is 3.09. The van der Waals surface area contributed by atoms with Gasteiger partial charge in [-0.1, -0.05) is 6.92 Å². The number of hydrogen-bond acceptors (Lipinski definition) is 7. The molecule has 0 aromatic carbocycles. The maximum atomic E-state index is 6.27. The van der Waals surface area contributed by atoms with Crippen molar-refractivity contribution >= 4 is 17.0 Å². The highest BCUT2D eigenvalue weighted by Crippen LogP contribution is 2.42. The number of nitrogens with two attached hydrogens (primary N) is 1. The summed E-state index contributed by atoms with van der Waals surface area (Å²) in [5.74, 6) is 0.345. The molecule has 120 valence electrons. The normalized spacial score (nSPS) is 31.9. The Balaban J connectivity index is 2.08. The smallest absolute Gasteiger partial charge is 0.167 e. The molecule has 1 saturated heterocycles. The molecule has 4 atom stereocenters. The van der Waals surface area contributed by atoms with Gasteiger partial charge in [0.2, 0.25) is 0 Å². The number of ether oxygens (including phenoxy) is 3. The first kappa shape index (κ1) is 15.1. The minimum Gasteiger partial charge on any atom is -0.382 e. The van der Waals surface area contributed by atoms with Crippen LogP contribution in [0, 0.1) is 0 Å². The predicted octanol–water partition coefficient (Wildman–Crippen LogP) is 1.14. The van der Waals surface area contributed by atoms with E-state index in [-0.39, 0.29) is 18.4 Å². The van der Waals surface area contributed by atoms with Crippen LogP contribution in [0.15, 0.2) is 12.7 Å². The first-order valence-electron chi connectivity index (χ1n) is 7.22. The average molecular weight is 307 g/mol. The number of imidazole rings is 1. The van der Waals surface area contributed by atoms with E-state index in [4.69, 9.17) is 19.9 Å². The number of anilines is 1. The summed E-state index contributed by atoms with van der Waals surface area (Å²) in [4.78, 5) is 12.5. The first-order valence-corrected chi connectivity index (χ1v) is 7.22. The lowest BCUT2D eigenvalue weighted by Crippen LogP contribution is -2.42. The molecule has 0 bridgehead atoms. The zero-order chi connectivity index (χ0) is 15.9. The molecule has 0 amide bonds. The lowest BCUT2D eigenvalue weighted by atomic mass is 9.94. The van der Waals surface area contributed by atoms with Gasteiger partial charge in [-0.15, -0.1) is 0 Å². The molecule has 8 heteroatoms. The molecule has 3 heterocycles. The van der Waals surface area contributed by atoms with Gasteiger partial charge in [-0.3, -0.25) is 4.57 Å². The van der Waals surface area contributed by atoms with E-state index < -0.39 is 5.60 Å². The molecule has 2 aromatic heterocycles. The largest absolute Gasteiger partial charge is 0.382 e. The minimum atomic E-state index is -0.449. The molecule has 0 spiro atoms. The van der Waals surface area contributed by atoms with Crippen LogP contribution >= 0.6 is 0 Å². The van der Waals surface area contributed by atoms with Gasteiger partial charge in [0.05, 0.1) is 11.9 Å². The van der Waals surface area contributed by atoms with Crippen molar-refractivity contribution in [1.82, 2.24) is 19.5 Å². The topological polar surface area (TPSA) is 97.3 Å². The fraction of sp³-hybridized carbons (Fsp3) is 0.643. The molecule has 0 saturated carbocycles. The molecule has 1 fully saturated rings. The summed E-state index contributed by atoms with van der Waals surface area (Å²) in [6.07, 6.45) is 3.01. The summed E-state index contributed by atoms with van der Waals surface area (Å²) < 4.78 is 19.4. The Hall–Kier alpha value is -1.77. The van der Waals surface area contributed by atoms with E-state index >= 15 is 0 Å². The second-order valence-electron chi connectivity index (χ2n) is 5.61. The predicted molar refractivity (Wildman–Crippen MR) is 80.1 cm³/mol. The molecule has 1 aliphatic heterocycles. The van der Waals surface area contributed by atoms with Crippen LogP contribution in [0.3, 0.4) is 0 Å². The van der Waals surface area contributed by atoms with E-state index in [2.05, 4.69) is 21.9 Å². The summed E-state index contributed by atoms with van der Waals surface area (Å²) in [6.45, 7) is 4.09. The van der Waals surface area contributed by atoms with Gasteiger partial charge in [-0.25, -0.2) is 15.0 Å². The van der Waals surface area contributed by atoms with Crippen LogP contribution in [0.25, 0.3) is 11.2 Å². The fourth-order valence-electron chi connectivity index (χ4n) is 3.09. The molecule has 22 heavy (non-hydrogen) atoms. The molecule has 0 aliphatic carbocycles. The zero-order valence-corrected chi connectivity index (χ0v) is 13.2. The maximum Gasteiger partial charge on any atom is 0.167 e. The SMILES string of the molecule is CC[C@@]1(C)O[C@@H](n2cnc3c(N)ncnc32)C(OC)C1OC. The van der Waals surface area contributed by atoms with E-state index in [1.165, 1.54) is 6.33 Å². The van der Waals surface area contributed by atoms with Gasteiger partial charge in [0.1, 0.15) is 24.1 Å². The average Bonchev–Trinajstić information content (AvgIpc) is 3.06. The van der Waals surface area contributed by atoms with Gasteiger partial charge < -0.3 is 19.9 Å². The molecule has 3 rings (SSSR count). The summed E-state index contributed by atoms with van der Waals surface area (Å²) in [7, 11) is 3.32. The lowest BCUT2D eigenvalue weighted by molar-refractivity contribution is -0.0995. The van der Waals surface area contributed by atoms with Gasteiger partial charge in [0.25, 0.3) is 0 Å². The van der Waals surface area contributed by atoms with Crippen molar-refractivity contribution in [2.45, 2.75) is 44.3 Å². The number of methoxy groups -OCH3 is 2. The third-order valence-electron chi connectivity index (χ3n) is 4.46. The van der Waals surface area contributed by atoms with Crippen LogP contribution in [-0.2, 0) is 14.2 Å². The molecule has 0 radical (unpaired) electrons. The van der Waals surface area contributed by atoms with Gasteiger partial charge in [0, 0.05) is 14.2 Å². The van der Waals surface area contributed by atoms with Crippen molar-refractivity contribution in [2.24, 2.45) is 0 Å². The molecule has 1 aliphatic rings. The molecule has 8 nitrogen and oxygen atoms in total. The third-order valence-corrected chi connectivity index (χ3v) is 4.46. The van der Waals surface area contributed by atoms with E-state index in [1.54, 1.807) is 20.5 Å². The summed E-state index contributed by atoms with van der Waals surface area (Å²) in [5.41, 5.74) is 6.57. The van der Waals surface area contributed by atoms with Crippen molar-refractivity contribution < 1.29 is 14.2 Å². The van der Waals surface area contributed by atoms with Crippen LogP contribution in [0.2, 0.25) is 0 Å². The van der Waals surface area contributed by atoms with Crippen LogP contribution < -0.4 is 5.73 Å². The highest BCUT2D eigenvalue weighted by molar-refractivity contribution is 5.81. The molecular weight excluding hydrogens is 286 g/mol. The number of aromatic nitrogens is 4. The van der Waals surface area contributed by atoms with E-state index in [0.717, 1.165) is 6.42 Å². The lowest BCUT2D eigenvalue weighted by Gasteiger charge is -2.28. The first-order chi connectivity index (χ1) is 10.6. The van der Waals surface area contributed by atoms with Crippen molar-refractivity contribution in [3.05, 3.63) is 12.7 Å². The van der Waals surface area contributed by atoms with Crippen molar-refractivity contribution in [3.63, 3.8) is 0 Å². The minimum absolute atomic E-state index is 0.191. The summed E-state index contributed by atoms with van der Waals surface area (Å²) in [6, 6.07) is 0. The van der Waals surface area contributed by atoms with Crippen molar-refractivity contribution in [1.29, 1.82) is 0 Å². The highest BCUT2D eigenvalue weighted by atomic mass is 16.6.